The highest BCUT2D eigenvalue weighted by atomic mass is 16.7. The number of nitrogens with zero attached hydrogens (tertiary/aromatic N) is 2. The lowest BCUT2D eigenvalue weighted by atomic mass is 9.85. The average Bonchev–Trinajstić information content (AvgIpc) is 3.21. The van der Waals surface area contributed by atoms with E-state index in [4.69, 9.17) is 4.84 Å². The van der Waals surface area contributed by atoms with Crippen molar-refractivity contribution in [2.24, 2.45) is 0 Å². The normalized spacial score (nSPS) is 23.4. The van der Waals surface area contributed by atoms with Crippen LogP contribution in [0.2, 0.25) is 0 Å². The van der Waals surface area contributed by atoms with Crippen molar-refractivity contribution in [1.29, 1.82) is 0 Å². The van der Waals surface area contributed by atoms with Crippen LogP contribution in [0.15, 0.2) is 17.9 Å². The topological polar surface area (TPSA) is 73.2 Å². The number of hydrogen-bond donors (Lipinski definition) is 2. The van der Waals surface area contributed by atoms with Gasteiger partial charge in [0.15, 0.2) is 0 Å². The summed E-state index contributed by atoms with van der Waals surface area (Å²) >= 11 is 0. The SMILES string of the molecule is Cc1cc(C)c(C2=C(O)C3(CCN(O)CC3)N(OC3CCCC3)C2=O)c(C)c1. The van der Waals surface area contributed by atoms with E-state index in [9.17, 15) is 15.1 Å². The lowest BCUT2D eigenvalue weighted by molar-refractivity contribution is -0.246. The van der Waals surface area contributed by atoms with Crippen molar-refractivity contribution in [3.8, 4) is 0 Å². The molecule has 2 fully saturated rings. The van der Waals surface area contributed by atoms with Gasteiger partial charge in [-0.05, 0) is 63.1 Å². The first-order valence-corrected chi connectivity index (χ1v) is 10.3. The molecule has 1 amide bonds. The third-order valence-electron chi connectivity index (χ3n) is 6.52. The number of carbonyl (C=O) groups excluding carboxylic acids is 1. The first-order chi connectivity index (χ1) is 13.3. The quantitative estimate of drug-likeness (QED) is 0.826. The molecule has 1 aromatic rings. The van der Waals surface area contributed by atoms with E-state index in [0.29, 0.717) is 31.5 Å². The van der Waals surface area contributed by atoms with E-state index >= 15 is 0 Å². The van der Waals surface area contributed by atoms with Gasteiger partial charge in [-0.3, -0.25) is 9.63 Å². The first-order valence-electron chi connectivity index (χ1n) is 10.3. The first kappa shape index (κ1) is 19.4. The molecule has 28 heavy (non-hydrogen) atoms. The molecule has 6 nitrogen and oxygen atoms in total. The van der Waals surface area contributed by atoms with Crippen LogP contribution in [0.3, 0.4) is 0 Å². The molecule has 1 saturated heterocycles. The Balaban J connectivity index is 1.80. The van der Waals surface area contributed by atoms with Crippen LogP contribution in [-0.2, 0) is 9.63 Å². The summed E-state index contributed by atoms with van der Waals surface area (Å²) in [7, 11) is 0. The van der Waals surface area contributed by atoms with Gasteiger partial charge in [-0.15, -0.1) is 0 Å². The minimum absolute atomic E-state index is 0.0142. The molecule has 4 rings (SSSR count). The Labute approximate surface area is 166 Å². The summed E-state index contributed by atoms with van der Waals surface area (Å²) in [6.07, 6.45) is 4.98. The molecule has 0 radical (unpaired) electrons. The largest absolute Gasteiger partial charge is 0.509 e. The summed E-state index contributed by atoms with van der Waals surface area (Å²) in [6.45, 7) is 6.77. The number of aliphatic hydroxyl groups excluding tert-OH is 1. The van der Waals surface area contributed by atoms with Crippen molar-refractivity contribution >= 4 is 11.5 Å². The second kappa shape index (κ2) is 7.17. The van der Waals surface area contributed by atoms with Crippen LogP contribution in [0, 0.1) is 20.8 Å². The maximum atomic E-state index is 13.6. The lowest BCUT2D eigenvalue weighted by Crippen LogP contribution is -2.55. The number of rotatable bonds is 3. The van der Waals surface area contributed by atoms with Crippen molar-refractivity contribution in [2.75, 3.05) is 13.1 Å². The highest BCUT2D eigenvalue weighted by molar-refractivity contribution is 6.23. The van der Waals surface area contributed by atoms with Gasteiger partial charge in [0.2, 0.25) is 0 Å². The van der Waals surface area contributed by atoms with Gasteiger partial charge in [0.25, 0.3) is 5.91 Å². The fourth-order valence-corrected chi connectivity index (χ4v) is 5.12. The molecule has 6 heteroatoms. The summed E-state index contributed by atoms with van der Waals surface area (Å²) in [4.78, 5) is 19.8. The van der Waals surface area contributed by atoms with Crippen LogP contribution in [0.4, 0.5) is 0 Å². The second-order valence-electron chi connectivity index (χ2n) is 8.59. The molecule has 0 bridgehead atoms. The molecule has 2 aliphatic heterocycles. The van der Waals surface area contributed by atoms with Gasteiger partial charge in [0.1, 0.15) is 11.3 Å². The number of aryl methyl sites for hydroxylation is 3. The van der Waals surface area contributed by atoms with Crippen molar-refractivity contribution in [3.63, 3.8) is 0 Å². The predicted octanol–water partition coefficient (Wildman–Crippen LogP) is 3.82. The van der Waals surface area contributed by atoms with Crippen LogP contribution < -0.4 is 0 Å². The average molecular weight is 386 g/mol. The van der Waals surface area contributed by atoms with E-state index in [1.165, 1.54) is 10.1 Å². The van der Waals surface area contributed by atoms with Gasteiger partial charge in [-0.1, -0.05) is 30.5 Å². The molecule has 0 atom stereocenters. The standard InChI is InChI=1S/C22H30N2O4/c1-14-12-15(2)18(16(3)13-14)19-20(25)22(8-10-23(27)11-9-22)24(21(19)26)28-17-6-4-5-7-17/h12-13,17,25,27H,4-11H2,1-3H3. The summed E-state index contributed by atoms with van der Waals surface area (Å²) in [5, 5.41) is 23.9. The smallest absolute Gasteiger partial charge is 0.282 e. The molecule has 3 aliphatic rings. The van der Waals surface area contributed by atoms with Crippen LogP contribution in [0.1, 0.15) is 60.8 Å². The zero-order valence-electron chi connectivity index (χ0n) is 17.0. The molecule has 2 N–H and O–H groups in total. The summed E-state index contributed by atoms with van der Waals surface area (Å²) in [5.74, 6) is -0.163. The Morgan fingerprint density at radius 2 is 1.64 bits per heavy atom. The van der Waals surface area contributed by atoms with Crippen molar-refractivity contribution in [3.05, 3.63) is 40.1 Å². The maximum absolute atomic E-state index is 13.6. The summed E-state index contributed by atoms with van der Waals surface area (Å²) < 4.78 is 0. The number of aliphatic hydroxyl groups is 1. The lowest BCUT2D eigenvalue weighted by Gasteiger charge is -2.42. The number of amides is 1. The Morgan fingerprint density at radius 1 is 1.07 bits per heavy atom. The van der Waals surface area contributed by atoms with E-state index in [2.05, 4.69) is 0 Å². The molecule has 0 aromatic heterocycles. The third kappa shape index (κ3) is 3.04. The number of hydroxylamine groups is 4. The Hall–Kier alpha value is -1.89. The summed E-state index contributed by atoms with van der Waals surface area (Å²) in [6, 6.07) is 4.08. The van der Waals surface area contributed by atoms with Crippen LogP contribution in [0.5, 0.6) is 0 Å². The van der Waals surface area contributed by atoms with Gasteiger partial charge < -0.3 is 10.3 Å². The van der Waals surface area contributed by atoms with Gasteiger partial charge in [0.05, 0.1) is 11.7 Å². The zero-order valence-corrected chi connectivity index (χ0v) is 17.0. The van der Waals surface area contributed by atoms with Gasteiger partial charge >= 0.3 is 0 Å². The number of piperidine rings is 1. The predicted molar refractivity (Wildman–Crippen MR) is 106 cm³/mol. The Bertz CT molecular complexity index is 795. The van der Waals surface area contributed by atoms with Crippen LogP contribution >= 0.6 is 0 Å². The molecular formula is C22H30N2O4. The maximum Gasteiger partial charge on any atom is 0.282 e. The number of benzene rings is 1. The van der Waals surface area contributed by atoms with Crippen molar-refractivity contribution < 1.29 is 19.9 Å². The zero-order chi connectivity index (χ0) is 20.1. The van der Waals surface area contributed by atoms with E-state index in [-0.39, 0.29) is 17.8 Å². The highest BCUT2D eigenvalue weighted by Crippen LogP contribution is 2.47. The molecule has 2 heterocycles. The molecule has 1 aromatic carbocycles. The third-order valence-corrected chi connectivity index (χ3v) is 6.52. The fourth-order valence-electron chi connectivity index (χ4n) is 5.12. The Kier molecular flexibility index (Phi) is 4.98. The highest BCUT2D eigenvalue weighted by Gasteiger charge is 2.56. The summed E-state index contributed by atoms with van der Waals surface area (Å²) in [5.41, 5.74) is 3.36. The minimum Gasteiger partial charge on any atom is -0.509 e. The van der Waals surface area contributed by atoms with Gasteiger partial charge in [-0.2, -0.15) is 5.06 Å². The molecular weight excluding hydrogens is 356 g/mol. The van der Waals surface area contributed by atoms with E-state index in [1.54, 1.807) is 0 Å². The second-order valence-corrected chi connectivity index (χ2v) is 8.59. The number of hydrogen-bond acceptors (Lipinski definition) is 5. The van der Waals surface area contributed by atoms with E-state index in [1.807, 2.05) is 32.9 Å². The van der Waals surface area contributed by atoms with Gasteiger partial charge in [-0.25, -0.2) is 5.06 Å². The Morgan fingerprint density at radius 3 is 2.21 bits per heavy atom. The molecule has 0 unspecified atom stereocenters. The van der Waals surface area contributed by atoms with Gasteiger partial charge in [0, 0.05) is 13.1 Å². The monoisotopic (exact) mass is 386 g/mol. The molecule has 1 aliphatic carbocycles. The van der Waals surface area contributed by atoms with Crippen molar-refractivity contribution in [2.45, 2.75) is 70.9 Å². The van der Waals surface area contributed by atoms with E-state index in [0.717, 1.165) is 47.9 Å². The fraction of sp³-hybridized carbons (Fsp3) is 0.591. The molecule has 152 valence electrons. The molecule has 1 spiro atoms. The minimum atomic E-state index is -0.891. The van der Waals surface area contributed by atoms with Crippen LogP contribution in [-0.4, -0.2) is 51.1 Å². The van der Waals surface area contributed by atoms with Crippen molar-refractivity contribution in [1.82, 2.24) is 10.1 Å². The number of carbonyl (C=O) groups is 1. The van der Waals surface area contributed by atoms with Crippen LogP contribution in [0.25, 0.3) is 5.57 Å². The van der Waals surface area contributed by atoms with E-state index < -0.39 is 5.54 Å². The molecule has 1 saturated carbocycles.